The zero-order chi connectivity index (χ0) is 23.2. The molecule has 1 aliphatic heterocycles. The minimum absolute atomic E-state index is 0.00453. The van der Waals surface area contributed by atoms with E-state index >= 15 is 0 Å². The number of aryl methyl sites for hydroxylation is 1. The maximum absolute atomic E-state index is 12.5. The Bertz CT molecular complexity index is 1000. The van der Waals surface area contributed by atoms with Crippen LogP contribution in [-0.4, -0.2) is 65.4 Å². The Morgan fingerprint density at radius 2 is 1.76 bits per heavy atom. The molecule has 2 fully saturated rings. The number of benzene rings is 1. The van der Waals surface area contributed by atoms with Crippen LogP contribution in [0.4, 0.5) is 22.1 Å². The number of carbonyl (C=O) groups is 3. The standard InChI is InChI=1S/C23H29N7O3/c1-16-3-6-18(27-21(32)17-4-5-17)15-19(16)28-23(33)26-10-7-20(31)29-11-13-30(14-12-29)22-24-8-2-9-25-22/h2-3,6,8-9,15,17H,4-5,7,10-14H2,1H3,(H,27,32)(H2,26,28,33). The van der Waals surface area contributed by atoms with Gasteiger partial charge in [-0.15, -0.1) is 0 Å². The van der Waals surface area contributed by atoms with Crippen LogP contribution >= 0.6 is 0 Å². The Morgan fingerprint density at radius 3 is 2.45 bits per heavy atom. The first-order valence-electron chi connectivity index (χ1n) is 11.3. The molecule has 1 aromatic carbocycles. The summed E-state index contributed by atoms with van der Waals surface area (Å²) in [5, 5.41) is 8.42. The molecule has 1 aliphatic carbocycles. The smallest absolute Gasteiger partial charge is 0.319 e. The summed E-state index contributed by atoms with van der Waals surface area (Å²) >= 11 is 0. The predicted octanol–water partition coefficient (Wildman–Crippen LogP) is 1.99. The molecule has 2 heterocycles. The first-order valence-corrected chi connectivity index (χ1v) is 11.3. The van der Waals surface area contributed by atoms with Gasteiger partial charge in [0.25, 0.3) is 0 Å². The lowest BCUT2D eigenvalue weighted by molar-refractivity contribution is -0.131. The van der Waals surface area contributed by atoms with Crippen LogP contribution in [0.25, 0.3) is 0 Å². The molecule has 33 heavy (non-hydrogen) atoms. The molecule has 1 aromatic heterocycles. The molecule has 0 atom stereocenters. The fourth-order valence-electron chi connectivity index (χ4n) is 3.64. The lowest BCUT2D eigenvalue weighted by atomic mass is 10.1. The van der Waals surface area contributed by atoms with Gasteiger partial charge in [0.1, 0.15) is 0 Å². The van der Waals surface area contributed by atoms with Crippen LogP contribution in [0.3, 0.4) is 0 Å². The molecule has 10 heteroatoms. The minimum atomic E-state index is -0.386. The second-order valence-electron chi connectivity index (χ2n) is 8.34. The zero-order valence-electron chi connectivity index (χ0n) is 18.7. The molecule has 0 bridgehead atoms. The molecule has 0 spiro atoms. The Morgan fingerprint density at radius 1 is 1.03 bits per heavy atom. The highest BCUT2D eigenvalue weighted by molar-refractivity contribution is 5.96. The summed E-state index contributed by atoms with van der Waals surface area (Å²) in [6.07, 6.45) is 5.50. The quantitative estimate of drug-likeness (QED) is 0.592. The number of hydrogen-bond donors (Lipinski definition) is 3. The zero-order valence-corrected chi connectivity index (χ0v) is 18.7. The van der Waals surface area contributed by atoms with E-state index < -0.39 is 0 Å². The van der Waals surface area contributed by atoms with E-state index in [9.17, 15) is 14.4 Å². The monoisotopic (exact) mass is 451 g/mol. The first-order chi connectivity index (χ1) is 16.0. The summed E-state index contributed by atoms with van der Waals surface area (Å²) in [6, 6.07) is 6.80. The number of piperazine rings is 1. The summed E-state index contributed by atoms with van der Waals surface area (Å²) in [7, 11) is 0. The van der Waals surface area contributed by atoms with E-state index in [1.165, 1.54) is 0 Å². The van der Waals surface area contributed by atoms with Crippen molar-refractivity contribution in [2.75, 3.05) is 48.3 Å². The van der Waals surface area contributed by atoms with E-state index in [2.05, 4.69) is 30.8 Å². The number of amides is 4. The molecule has 1 saturated carbocycles. The highest BCUT2D eigenvalue weighted by Crippen LogP contribution is 2.30. The Kier molecular flexibility index (Phi) is 7.01. The van der Waals surface area contributed by atoms with Crippen molar-refractivity contribution in [2.45, 2.75) is 26.2 Å². The number of urea groups is 1. The molecule has 2 aliphatic rings. The van der Waals surface area contributed by atoms with Crippen molar-refractivity contribution in [3.8, 4) is 0 Å². The molecule has 4 rings (SSSR count). The van der Waals surface area contributed by atoms with Gasteiger partial charge in [-0.3, -0.25) is 9.59 Å². The van der Waals surface area contributed by atoms with E-state index in [0.29, 0.717) is 43.5 Å². The van der Waals surface area contributed by atoms with Crippen LogP contribution in [0, 0.1) is 12.8 Å². The molecule has 1 saturated heterocycles. The first kappa shape index (κ1) is 22.5. The molecular weight excluding hydrogens is 422 g/mol. The van der Waals surface area contributed by atoms with Gasteiger partial charge in [0.2, 0.25) is 17.8 Å². The Balaban J connectivity index is 1.19. The van der Waals surface area contributed by atoms with Gasteiger partial charge in [-0.2, -0.15) is 0 Å². The molecular formula is C23H29N7O3. The largest absolute Gasteiger partial charge is 0.339 e. The fourth-order valence-corrected chi connectivity index (χ4v) is 3.64. The summed E-state index contributed by atoms with van der Waals surface area (Å²) < 4.78 is 0. The summed E-state index contributed by atoms with van der Waals surface area (Å²) in [5.41, 5.74) is 2.15. The minimum Gasteiger partial charge on any atom is -0.339 e. The second kappa shape index (κ2) is 10.3. The maximum atomic E-state index is 12.5. The van der Waals surface area contributed by atoms with Crippen molar-refractivity contribution in [1.82, 2.24) is 20.2 Å². The van der Waals surface area contributed by atoms with E-state index in [4.69, 9.17) is 0 Å². The number of aromatic nitrogens is 2. The van der Waals surface area contributed by atoms with Gasteiger partial charge in [0, 0.05) is 68.8 Å². The third-order valence-corrected chi connectivity index (χ3v) is 5.79. The van der Waals surface area contributed by atoms with Crippen molar-refractivity contribution in [3.63, 3.8) is 0 Å². The Labute approximate surface area is 192 Å². The maximum Gasteiger partial charge on any atom is 0.319 e. The third kappa shape index (κ3) is 6.18. The van der Waals surface area contributed by atoms with Crippen LogP contribution in [0.5, 0.6) is 0 Å². The number of hydrogen-bond acceptors (Lipinski definition) is 6. The number of nitrogens with zero attached hydrogens (tertiary/aromatic N) is 4. The molecule has 4 amide bonds. The van der Waals surface area contributed by atoms with Gasteiger partial charge in [-0.1, -0.05) is 6.07 Å². The lowest BCUT2D eigenvalue weighted by Crippen LogP contribution is -2.49. The number of rotatable bonds is 7. The van der Waals surface area contributed by atoms with Crippen LogP contribution in [0.2, 0.25) is 0 Å². The highest BCUT2D eigenvalue weighted by atomic mass is 16.2. The lowest BCUT2D eigenvalue weighted by Gasteiger charge is -2.34. The molecule has 174 valence electrons. The number of nitrogens with one attached hydrogen (secondary N) is 3. The molecule has 0 radical (unpaired) electrons. The van der Waals surface area contributed by atoms with E-state index in [1.807, 2.05) is 19.1 Å². The number of carbonyl (C=O) groups excluding carboxylic acids is 3. The molecule has 2 aromatic rings. The summed E-state index contributed by atoms with van der Waals surface area (Å²) in [6.45, 7) is 4.67. The molecule has 10 nitrogen and oxygen atoms in total. The van der Waals surface area contributed by atoms with Crippen molar-refractivity contribution in [3.05, 3.63) is 42.2 Å². The molecule has 3 N–H and O–H groups in total. The summed E-state index contributed by atoms with van der Waals surface area (Å²) in [5.74, 6) is 0.808. The van der Waals surface area contributed by atoms with Gasteiger partial charge in [0.05, 0.1) is 0 Å². The van der Waals surface area contributed by atoms with Gasteiger partial charge < -0.3 is 25.8 Å². The van der Waals surface area contributed by atoms with Gasteiger partial charge in [-0.25, -0.2) is 14.8 Å². The van der Waals surface area contributed by atoms with Crippen LogP contribution in [0.15, 0.2) is 36.7 Å². The van der Waals surface area contributed by atoms with Gasteiger partial charge >= 0.3 is 6.03 Å². The molecule has 0 unspecified atom stereocenters. The van der Waals surface area contributed by atoms with Crippen molar-refractivity contribution >= 4 is 35.2 Å². The van der Waals surface area contributed by atoms with Crippen LogP contribution in [-0.2, 0) is 9.59 Å². The van der Waals surface area contributed by atoms with Gasteiger partial charge in [0.15, 0.2) is 0 Å². The van der Waals surface area contributed by atoms with E-state index in [-0.39, 0.29) is 36.7 Å². The topological polar surface area (TPSA) is 120 Å². The van der Waals surface area contributed by atoms with E-state index in [0.717, 1.165) is 18.4 Å². The van der Waals surface area contributed by atoms with Crippen LogP contribution in [0.1, 0.15) is 24.8 Å². The second-order valence-corrected chi connectivity index (χ2v) is 8.34. The van der Waals surface area contributed by atoms with E-state index in [1.54, 1.807) is 29.4 Å². The van der Waals surface area contributed by atoms with Crippen molar-refractivity contribution < 1.29 is 14.4 Å². The number of anilines is 3. The predicted molar refractivity (Wildman–Crippen MR) is 125 cm³/mol. The third-order valence-electron chi connectivity index (χ3n) is 5.79. The Hall–Kier alpha value is -3.69. The summed E-state index contributed by atoms with van der Waals surface area (Å²) in [4.78, 5) is 49.1. The normalized spacial score (nSPS) is 15.7. The highest BCUT2D eigenvalue weighted by Gasteiger charge is 2.29. The average molecular weight is 452 g/mol. The van der Waals surface area contributed by atoms with Gasteiger partial charge in [-0.05, 0) is 43.5 Å². The SMILES string of the molecule is Cc1ccc(NC(=O)C2CC2)cc1NC(=O)NCCC(=O)N1CCN(c2ncccn2)CC1. The van der Waals surface area contributed by atoms with Crippen molar-refractivity contribution in [1.29, 1.82) is 0 Å². The van der Waals surface area contributed by atoms with Crippen molar-refractivity contribution in [2.24, 2.45) is 5.92 Å². The fraction of sp³-hybridized carbons (Fsp3) is 0.435. The average Bonchev–Trinajstić information content (AvgIpc) is 3.68. The van der Waals surface area contributed by atoms with Crippen LogP contribution < -0.4 is 20.9 Å².